The molecule has 1 aliphatic rings. The van der Waals surface area contributed by atoms with E-state index in [9.17, 15) is 14.4 Å². The van der Waals surface area contributed by atoms with Gasteiger partial charge in [0.1, 0.15) is 0 Å². The topological polar surface area (TPSA) is 78.5 Å². The minimum Gasteiger partial charge on any atom is -0.356 e. The second kappa shape index (κ2) is 9.81. The van der Waals surface area contributed by atoms with Crippen molar-refractivity contribution in [1.29, 1.82) is 0 Å². The number of carbonyl (C=O) groups is 3. The summed E-state index contributed by atoms with van der Waals surface area (Å²) in [6.45, 7) is 3.46. The van der Waals surface area contributed by atoms with Crippen LogP contribution in [0.25, 0.3) is 0 Å². The van der Waals surface area contributed by atoms with Crippen molar-refractivity contribution >= 4 is 23.4 Å². The lowest BCUT2D eigenvalue weighted by Gasteiger charge is -2.16. The van der Waals surface area contributed by atoms with Gasteiger partial charge < -0.3 is 15.5 Å². The minimum atomic E-state index is -0.0159. The van der Waals surface area contributed by atoms with Gasteiger partial charge in [0.25, 0.3) is 0 Å². The number of benzene rings is 1. The van der Waals surface area contributed by atoms with E-state index in [4.69, 9.17) is 0 Å². The Morgan fingerprint density at radius 3 is 2.48 bits per heavy atom. The Hall–Kier alpha value is -2.37. The van der Waals surface area contributed by atoms with Gasteiger partial charge in [-0.05, 0) is 37.0 Å². The molecule has 0 bridgehead atoms. The molecule has 3 amide bonds. The van der Waals surface area contributed by atoms with Gasteiger partial charge in [-0.1, -0.05) is 18.6 Å². The predicted molar refractivity (Wildman–Crippen MR) is 97.0 cm³/mol. The van der Waals surface area contributed by atoms with Crippen LogP contribution in [-0.2, 0) is 20.9 Å². The van der Waals surface area contributed by atoms with E-state index in [1.54, 1.807) is 0 Å². The minimum absolute atomic E-state index is 0.0159. The van der Waals surface area contributed by atoms with Crippen LogP contribution in [0, 0.1) is 0 Å². The van der Waals surface area contributed by atoms with Gasteiger partial charge in [0, 0.05) is 45.1 Å². The zero-order valence-electron chi connectivity index (χ0n) is 14.8. The molecule has 0 spiro atoms. The fourth-order valence-electron chi connectivity index (χ4n) is 2.86. The highest BCUT2D eigenvalue weighted by Gasteiger charge is 2.21. The Bertz CT molecular complexity index is 598. The van der Waals surface area contributed by atoms with E-state index in [0.29, 0.717) is 25.9 Å². The first-order chi connectivity index (χ1) is 12.1. The molecule has 2 rings (SSSR count). The monoisotopic (exact) mass is 345 g/mol. The molecule has 0 aromatic heterocycles. The van der Waals surface area contributed by atoms with Gasteiger partial charge in [-0.25, -0.2) is 0 Å². The van der Waals surface area contributed by atoms with Gasteiger partial charge in [0.15, 0.2) is 0 Å². The van der Waals surface area contributed by atoms with E-state index in [-0.39, 0.29) is 17.7 Å². The van der Waals surface area contributed by atoms with Crippen molar-refractivity contribution in [2.45, 2.75) is 52.0 Å². The van der Waals surface area contributed by atoms with Crippen LogP contribution < -0.4 is 15.5 Å². The first kappa shape index (κ1) is 19.0. The molecule has 0 aliphatic carbocycles. The standard InChI is InChI=1S/C19H27N3O3/c1-15(23)20-12-4-2-3-6-18(24)21-14-16-8-10-17(11-9-16)22-13-5-7-19(22)25/h8-11H,2-7,12-14H2,1H3,(H,20,23)(H,21,24). The molecule has 1 heterocycles. The largest absolute Gasteiger partial charge is 0.356 e. The number of nitrogens with one attached hydrogen (secondary N) is 2. The van der Waals surface area contributed by atoms with Gasteiger partial charge >= 0.3 is 0 Å². The zero-order chi connectivity index (χ0) is 18.1. The molecule has 0 atom stereocenters. The number of nitrogens with zero attached hydrogens (tertiary/aromatic N) is 1. The Morgan fingerprint density at radius 2 is 1.84 bits per heavy atom. The molecule has 136 valence electrons. The fourth-order valence-corrected chi connectivity index (χ4v) is 2.86. The van der Waals surface area contributed by atoms with Gasteiger partial charge in [-0.3, -0.25) is 14.4 Å². The third kappa shape index (κ3) is 6.57. The molecular formula is C19H27N3O3. The van der Waals surface area contributed by atoms with Gasteiger partial charge in [-0.15, -0.1) is 0 Å². The number of unbranched alkanes of at least 4 members (excludes halogenated alkanes) is 2. The first-order valence-corrected chi connectivity index (χ1v) is 8.96. The van der Waals surface area contributed by atoms with Crippen LogP contribution in [0.3, 0.4) is 0 Å². The second-order valence-electron chi connectivity index (χ2n) is 6.39. The highest BCUT2D eigenvalue weighted by molar-refractivity contribution is 5.95. The van der Waals surface area contributed by atoms with Crippen molar-refractivity contribution in [2.75, 3.05) is 18.0 Å². The van der Waals surface area contributed by atoms with E-state index in [2.05, 4.69) is 10.6 Å². The van der Waals surface area contributed by atoms with Crippen molar-refractivity contribution < 1.29 is 14.4 Å². The van der Waals surface area contributed by atoms with Gasteiger partial charge in [-0.2, -0.15) is 0 Å². The van der Waals surface area contributed by atoms with Gasteiger partial charge in [0.05, 0.1) is 0 Å². The Morgan fingerprint density at radius 1 is 1.08 bits per heavy atom. The maximum absolute atomic E-state index is 11.8. The number of hydrogen-bond acceptors (Lipinski definition) is 3. The summed E-state index contributed by atoms with van der Waals surface area (Å²) >= 11 is 0. The molecule has 25 heavy (non-hydrogen) atoms. The number of carbonyl (C=O) groups excluding carboxylic acids is 3. The summed E-state index contributed by atoms with van der Waals surface area (Å²) in [5.74, 6) is 0.204. The SMILES string of the molecule is CC(=O)NCCCCCC(=O)NCc1ccc(N2CCCC2=O)cc1. The molecular weight excluding hydrogens is 318 g/mol. The highest BCUT2D eigenvalue weighted by Crippen LogP contribution is 2.21. The van der Waals surface area contributed by atoms with Crippen molar-refractivity contribution in [3.05, 3.63) is 29.8 Å². The maximum Gasteiger partial charge on any atom is 0.227 e. The number of amides is 3. The molecule has 1 aliphatic heterocycles. The fraction of sp³-hybridized carbons (Fsp3) is 0.526. The molecule has 1 aromatic carbocycles. The van der Waals surface area contributed by atoms with Crippen LogP contribution >= 0.6 is 0 Å². The van der Waals surface area contributed by atoms with E-state index in [1.165, 1.54) is 6.92 Å². The second-order valence-corrected chi connectivity index (χ2v) is 6.39. The lowest BCUT2D eigenvalue weighted by molar-refractivity contribution is -0.121. The Balaban J connectivity index is 1.63. The summed E-state index contributed by atoms with van der Waals surface area (Å²) in [7, 11) is 0. The third-order valence-electron chi connectivity index (χ3n) is 4.27. The summed E-state index contributed by atoms with van der Waals surface area (Å²) in [5, 5.41) is 5.66. The molecule has 1 aromatic rings. The quantitative estimate of drug-likeness (QED) is 0.673. The molecule has 1 fully saturated rings. The molecule has 6 nitrogen and oxygen atoms in total. The average Bonchev–Trinajstić information content (AvgIpc) is 3.02. The first-order valence-electron chi connectivity index (χ1n) is 8.96. The number of anilines is 1. The summed E-state index contributed by atoms with van der Waals surface area (Å²) in [5.41, 5.74) is 1.95. The molecule has 0 radical (unpaired) electrons. The van der Waals surface area contributed by atoms with Crippen LogP contribution in [0.1, 0.15) is 51.0 Å². The van der Waals surface area contributed by atoms with Crippen LogP contribution in [-0.4, -0.2) is 30.8 Å². The normalized spacial score (nSPS) is 13.8. The smallest absolute Gasteiger partial charge is 0.227 e. The van der Waals surface area contributed by atoms with Crippen molar-refractivity contribution in [3.63, 3.8) is 0 Å². The number of rotatable bonds is 9. The molecule has 0 unspecified atom stereocenters. The van der Waals surface area contributed by atoms with Crippen LogP contribution in [0.15, 0.2) is 24.3 Å². The van der Waals surface area contributed by atoms with Crippen molar-refractivity contribution in [3.8, 4) is 0 Å². The van der Waals surface area contributed by atoms with Crippen molar-refractivity contribution in [1.82, 2.24) is 10.6 Å². The van der Waals surface area contributed by atoms with Crippen LogP contribution in [0.5, 0.6) is 0 Å². The highest BCUT2D eigenvalue weighted by atomic mass is 16.2. The lowest BCUT2D eigenvalue weighted by Crippen LogP contribution is -2.24. The van der Waals surface area contributed by atoms with E-state index in [0.717, 1.165) is 43.5 Å². The lowest BCUT2D eigenvalue weighted by atomic mass is 10.1. The number of hydrogen-bond donors (Lipinski definition) is 2. The summed E-state index contributed by atoms with van der Waals surface area (Å²) in [6, 6.07) is 7.78. The van der Waals surface area contributed by atoms with Crippen LogP contribution in [0.4, 0.5) is 5.69 Å². The van der Waals surface area contributed by atoms with E-state index < -0.39 is 0 Å². The Labute approximate surface area is 149 Å². The maximum atomic E-state index is 11.8. The Kier molecular flexibility index (Phi) is 7.44. The van der Waals surface area contributed by atoms with Crippen LogP contribution in [0.2, 0.25) is 0 Å². The molecule has 6 heteroatoms. The van der Waals surface area contributed by atoms with Crippen molar-refractivity contribution in [2.24, 2.45) is 0 Å². The average molecular weight is 345 g/mol. The summed E-state index contributed by atoms with van der Waals surface area (Å²) < 4.78 is 0. The molecule has 0 saturated carbocycles. The van der Waals surface area contributed by atoms with E-state index in [1.807, 2.05) is 29.2 Å². The summed E-state index contributed by atoms with van der Waals surface area (Å²) in [6.07, 6.45) is 4.68. The molecule has 2 N–H and O–H groups in total. The predicted octanol–water partition coefficient (Wildman–Crippen LogP) is 2.13. The molecule has 1 saturated heterocycles. The summed E-state index contributed by atoms with van der Waals surface area (Å²) in [4.78, 5) is 36.1. The third-order valence-corrected chi connectivity index (χ3v) is 4.27. The van der Waals surface area contributed by atoms with Gasteiger partial charge in [0.2, 0.25) is 17.7 Å². The van der Waals surface area contributed by atoms with E-state index >= 15 is 0 Å². The zero-order valence-corrected chi connectivity index (χ0v) is 14.8.